The molecule has 0 amide bonds. The van der Waals surface area contributed by atoms with Crippen LogP contribution in [0.2, 0.25) is 0 Å². The van der Waals surface area contributed by atoms with E-state index in [1.165, 1.54) is 7.11 Å². The van der Waals surface area contributed by atoms with Gasteiger partial charge in [-0.1, -0.05) is 61.4 Å². The van der Waals surface area contributed by atoms with Crippen LogP contribution in [0.3, 0.4) is 0 Å². The molecule has 1 atom stereocenters. The SMILES string of the molecule is COC(=O)C(I)(CCCCC(C)(C)C=O)c1cccc(I)c1. The van der Waals surface area contributed by atoms with Gasteiger partial charge in [0.25, 0.3) is 0 Å². The minimum Gasteiger partial charge on any atom is -0.468 e. The quantitative estimate of drug-likeness (QED) is 0.159. The number of aldehydes is 1. The van der Waals surface area contributed by atoms with E-state index in [-0.39, 0.29) is 11.4 Å². The highest BCUT2D eigenvalue weighted by Gasteiger charge is 2.38. The summed E-state index contributed by atoms with van der Waals surface area (Å²) in [5, 5.41) is 0. The smallest absolute Gasteiger partial charge is 0.326 e. The summed E-state index contributed by atoms with van der Waals surface area (Å²) < 4.78 is 5.46. The molecule has 1 aromatic carbocycles. The van der Waals surface area contributed by atoms with Crippen LogP contribution in [-0.2, 0) is 17.7 Å². The molecule has 0 spiro atoms. The molecule has 0 aromatic heterocycles. The average Bonchev–Trinajstić information content (AvgIpc) is 2.50. The summed E-state index contributed by atoms with van der Waals surface area (Å²) in [5.41, 5.74) is 0.683. The predicted molar refractivity (Wildman–Crippen MR) is 105 cm³/mol. The number of alkyl halides is 1. The fourth-order valence-corrected chi connectivity index (χ4v) is 3.75. The molecule has 0 saturated carbocycles. The van der Waals surface area contributed by atoms with E-state index < -0.39 is 3.42 Å². The van der Waals surface area contributed by atoms with Gasteiger partial charge in [0.1, 0.15) is 9.71 Å². The Morgan fingerprint density at radius 2 is 1.91 bits per heavy atom. The van der Waals surface area contributed by atoms with Crippen LogP contribution < -0.4 is 0 Å². The summed E-state index contributed by atoms with van der Waals surface area (Å²) in [4.78, 5) is 23.3. The Bertz CT molecular complexity index is 528. The van der Waals surface area contributed by atoms with Crippen molar-refractivity contribution in [3.63, 3.8) is 0 Å². The number of unbranched alkanes of at least 4 members (excludes halogenated alkanes) is 1. The largest absolute Gasteiger partial charge is 0.468 e. The van der Waals surface area contributed by atoms with E-state index in [9.17, 15) is 9.59 Å². The summed E-state index contributed by atoms with van der Waals surface area (Å²) in [5.74, 6) is -0.218. The zero-order chi connectivity index (χ0) is 16.8. The first kappa shape index (κ1) is 19.9. The van der Waals surface area contributed by atoms with Crippen molar-refractivity contribution in [2.45, 2.75) is 43.0 Å². The maximum absolute atomic E-state index is 12.3. The molecule has 0 fully saturated rings. The second-order valence-corrected chi connectivity index (χ2v) is 9.20. The van der Waals surface area contributed by atoms with Crippen molar-refractivity contribution in [2.24, 2.45) is 5.41 Å². The van der Waals surface area contributed by atoms with Gasteiger partial charge in [-0.15, -0.1) is 0 Å². The lowest BCUT2D eigenvalue weighted by molar-refractivity contribution is -0.143. The van der Waals surface area contributed by atoms with E-state index >= 15 is 0 Å². The monoisotopic (exact) mass is 528 g/mol. The Hall–Kier alpha value is -0.180. The minimum absolute atomic E-state index is 0.218. The maximum atomic E-state index is 12.3. The van der Waals surface area contributed by atoms with Crippen molar-refractivity contribution in [1.82, 2.24) is 0 Å². The Morgan fingerprint density at radius 3 is 2.45 bits per heavy atom. The van der Waals surface area contributed by atoms with E-state index in [0.29, 0.717) is 6.42 Å². The van der Waals surface area contributed by atoms with Crippen molar-refractivity contribution in [1.29, 1.82) is 0 Å². The van der Waals surface area contributed by atoms with E-state index in [0.717, 1.165) is 34.7 Å². The topological polar surface area (TPSA) is 43.4 Å². The molecule has 0 bridgehead atoms. The molecule has 5 heteroatoms. The number of ether oxygens (including phenoxy) is 1. The first-order valence-corrected chi connectivity index (χ1v) is 9.40. The van der Waals surface area contributed by atoms with Crippen LogP contribution in [0.1, 0.15) is 45.1 Å². The lowest BCUT2D eigenvalue weighted by Gasteiger charge is -2.26. The molecule has 1 rings (SSSR count). The highest BCUT2D eigenvalue weighted by molar-refractivity contribution is 14.1. The van der Waals surface area contributed by atoms with Gasteiger partial charge >= 0.3 is 5.97 Å². The fourth-order valence-electron chi connectivity index (χ4n) is 2.27. The van der Waals surface area contributed by atoms with Crippen LogP contribution in [0, 0.1) is 8.99 Å². The highest BCUT2D eigenvalue weighted by atomic mass is 127. The number of benzene rings is 1. The minimum atomic E-state index is -0.668. The van der Waals surface area contributed by atoms with E-state index in [1.807, 2.05) is 38.1 Å². The highest BCUT2D eigenvalue weighted by Crippen LogP contribution is 2.39. The Labute approximate surface area is 159 Å². The Kier molecular flexibility index (Phi) is 7.78. The fraction of sp³-hybridized carbons (Fsp3) is 0.529. The number of hydrogen-bond donors (Lipinski definition) is 0. The van der Waals surface area contributed by atoms with Gasteiger partial charge < -0.3 is 9.53 Å². The molecule has 0 aliphatic carbocycles. The lowest BCUT2D eigenvalue weighted by atomic mass is 9.87. The van der Waals surface area contributed by atoms with Crippen LogP contribution in [0.15, 0.2) is 24.3 Å². The molecule has 22 heavy (non-hydrogen) atoms. The number of hydrogen-bond acceptors (Lipinski definition) is 3. The van der Waals surface area contributed by atoms with Gasteiger partial charge in [-0.05, 0) is 53.1 Å². The van der Waals surface area contributed by atoms with Gasteiger partial charge in [0, 0.05) is 8.99 Å². The summed E-state index contributed by atoms with van der Waals surface area (Å²) in [7, 11) is 1.43. The number of methoxy groups -OCH3 is 1. The van der Waals surface area contributed by atoms with Gasteiger partial charge in [0.15, 0.2) is 0 Å². The van der Waals surface area contributed by atoms with Crippen molar-refractivity contribution in [3.05, 3.63) is 33.4 Å². The molecule has 0 aliphatic rings. The third-order valence-corrected chi connectivity index (χ3v) is 5.98. The van der Waals surface area contributed by atoms with Gasteiger partial charge in [0.2, 0.25) is 0 Å². The van der Waals surface area contributed by atoms with E-state index in [1.54, 1.807) is 0 Å². The van der Waals surface area contributed by atoms with Crippen LogP contribution >= 0.6 is 45.2 Å². The van der Waals surface area contributed by atoms with Gasteiger partial charge in [-0.25, -0.2) is 0 Å². The Morgan fingerprint density at radius 1 is 1.27 bits per heavy atom. The standard InChI is InChI=1S/C17H22I2O3/c1-16(2,12-20)9-4-5-10-17(19,15(21)22-3)13-7-6-8-14(18)11-13/h6-8,11-12H,4-5,9-10H2,1-3H3. The zero-order valence-electron chi connectivity index (χ0n) is 13.2. The number of esters is 1. The number of halogens is 2. The number of rotatable bonds is 8. The number of carbonyl (C=O) groups is 2. The molecule has 0 radical (unpaired) electrons. The van der Waals surface area contributed by atoms with Crippen molar-refractivity contribution >= 4 is 57.4 Å². The van der Waals surface area contributed by atoms with Gasteiger partial charge in [-0.3, -0.25) is 4.79 Å². The van der Waals surface area contributed by atoms with E-state index in [4.69, 9.17) is 4.74 Å². The zero-order valence-corrected chi connectivity index (χ0v) is 17.5. The molecule has 3 nitrogen and oxygen atoms in total. The van der Waals surface area contributed by atoms with Crippen LogP contribution in [0.25, 0.3) is 0 Å². The molecule has 0 saturated heterocycles. The first-order chi connectivity index (χ1) is 10.2. The Balaban J connectivity index is 2.81. The molecule has 1 aromatic rings. The molecule has 0 aliphatic heterocycles. The van der Waals surface area contributed by atoms with Crippen molar-refractivity contribution in [2.75, 3.05) is 7.11 Å². The molecule has 0 heterocycles. The van der Waals surface area contributed by atoms with Crippen LogP contribution in [-0.4, -0.2) is 19.4 Å². The average molecular weight is 528 g/mol. The molecule has 122 valence electrons. The van der Waals surface area contributed by atoms with Crippen LogP contribution in [0.4, 0.5) is 0 Å². The normalized spacial score (nSPS) is 14.2. The lowest BCUT2D eigenvalue weighted by Crippen LogP contribution is -2.30. The molecular formula is C17H22I2O3. The summed E-state index contributed by atoms with van der Waals surface area (Å²) >= 11 is 4.45. The van der Waals surface area contributed by atoms with E-state index in [2.05, 4.69) is 45.2 Å². The second-order valence-electron chi connectivity index (χ2n) is 6.12. The third kappa shape index (κ3) is 5.47. The molecule has 0 N–H and O–H groups in total. The summed E-state index contributed by atoms with van der Waals surface area (Å²) in [6.45, 7) is 3.88. The van der Waals surface area contributed by atoms with Crippen LogP contribution in [0.5, 0.6) is 0 Å². The predicted octanol–water partition coefficient (Wildman–Crippen LogP) is 4.88. The second kappa shape index (κ2) is 8.61. The summed E-state index contributed by atoms with van der Waals surface area (Å²) in [6, 6.07) is 7.97. The van der Waals surface area contributed by atoms with Crippen molar-refractivity contribution < 1.29 is 14.3 Å². The third-order valence-electron chi connectivity index (χ3n) is 3.70. The van der Waals surface area contributed by atoms with Crippen molar-refractivity contribution in [3.8, 4) is 0 Å². The van der Waals surface area contributed by atoms with Gasteiger partial charge in [-0.2, -0.15) is 0 Å². The molecule has 1 unspecified atom stereocenters. The first-order valence-electron chi connectivity index (χ1n) is 7.25. The number of carbonyl (C=O) groups excluding carboxylic acids is 2. The molecular weight excluding hydrogens is 506 g/mol. The summed E-state index contributed by atoms with van der Waals surface area (Å²) in [6.07, 6.45) is 4.33. The maximum Gasteiger partial charge on any atom is 0.326 e. The van der Waals surface area contributed by atoms with Gasteiger partial charge in [0.05, 0.1) is 7.11 Å².